The van der Waals surface area contributed by atoms with Gasteiger partial charge in [0.15, 0.2) is 5.78 Å². The number of Topliss-reactive ketones (excluding diaryl/α,β-unsaturated/α-hetero) is 1. The van der Waals surface area contributed by atoms with E-state index in [2.05, 4.69) is 22.0 Å². The molecule has 1 aliphatic heterocycles. The van der Waals surface area contributed by atoms with Crippen LogP contribution in [-0.4, -0.2) is 5.78 Å². The highest BCUT2D eigenvalue weighted by molar-refractivity contribution is 9.10. The molecule has 1 atom stereocenters. The number of carbonyl (C=O) groups is 1. The number of carbonyl (C=O) groups excluding carboxylic acids is 1. The topological polar surface area (TPSA) is 70.1 Å². The van der Waals surface area contributed by atoms with Gasteiger partial charge in [-0.3, -0.25) is 9.69 Å². The highest BCUT2D eigenvalue weighted by Gasteiger charge is 2.41. The van der Waals surface area contributed by atoms with Crippen molar-refractivity contribution in [1.82, 2.24) is 0 Å². The van der Waals surface area contributed by atoms with Gasteiger partial charge in [0.2, 0.25) is 0 Å². The Kier molecular flexibility index (Phi) is 4.86. The number of halogens is 2. The molecule has 142 valence electrons. The fourth-order valence-electron chi connectivity index (χ4n) is 3.88. The monoisotopic (exact) mass is 457 g/mol. The van der Waals surface area contributed by atoms with E-state index in [1.165, 1.54) is 12.1 Å². The van der Waals surface area contributed by atoms with Crippen molar-refractivity contribution in [2.24, 2.45) is 5.73 Å². The van der Waals surface area contributed by atoms with Crippen molar-refractivity contribution in [3.05, 3.63) is 73.0 Å². The molecule has 0 spiro atoms. The average molecular weight is 458 g/mol. The molecule has 4 nitrogen and oxygen atoms in total. The maximum Gasteiger partial charge on any atom is 0.161 e. The van der Waals surface area contributed by atoms with E-state index in [4.69, 9.17) is 5.73 Å². The number of allylic oxidation sites excluding steroid dienone is 3. The Labute approximate surface area is 174 Å². The molecule has 1 aromatic carbocycles. The number of aryl methyl sites for hydroxylation is 1. The van der Waals surface area contributed by atoms with E-state index in [9.17, 15) is 14.4 Å². The van der Waals surface area contributed by atoms with E-state index >= 15 is 0 Å². The molecule has 2 N–H and O–H groups in total. The van der Waals surface area contributed by atoms with Crippen LogP contribution in [0.15, 0.2) is 57.5 Å². The van der Waals surface area contributed by atoms with E-state index in [1.807, 2.05) is 13.0 Å². The molecule has 0 fully saturated rings. The lowest BCUT2D eigenvalue weighted by molar-refractivity contribution is -0.116. The highest BCUT2D eigenvalue weighted by atomic mass is 79.9. The molecule has 28 heavy (non-hydrogen) atoms. The lowest BCUT2D eigenvalue weighted by atomic mass is 9.78. The van der Waals surface area contributed by atoms with Crippen LogP contribution in [0.2, 0.25) is 0 Å². The number of hydrogen-bond donors (Lipinski definition) is 1. The normalized spacial score (nSPS) is 19.7. The van der Waals surface area contributed by atoms with Gasteiger partial charge in [0.1, 0.15) is 11.6 Å². The van der Waals surface area contributed by atoms with Crippen molar-refractivity contribution in [2.45, 2.75) is 32.1 Å². The molecule has 7 heteroatoms. The summed E-state index contributed by atoms with van der Waals surface area (Å²) < 4.78 is 14.4. The molecule has 1 unspecified atom stereocenters. The largest absolute Gasteiger partial charge is 0.384 e. The third-order valence-electron chi connectivity index (χ3n) is 5.16. The first kappa shape index (κ1) is 18.9. The number of ketones is 1. The minimum atomic E-state index is -0.459. The standard InChI is InChI=1S/C21H17BrFN3OS/c1-11-15(22)9-18(28-11)19-14(10-24)21(25)26(13-7-5-12(23)6-8-13)16-3-2-4-17(27)20(16)19/h5-9,19H,2-4,25H2,1H3. The minimum absolute atomic E-state index is 0.0424. The Morgan fingerprint density at radius 1 is 1.32 bits per heavy atom. The highest BCUT2D eigenvalue weighted by Crippen LogP contribution is 2.48. The van der Waals surface area contributed by atoms with Gasteiger partial charge in [-0.05, 0) is 66.0 Å². The van der Waals surface area contributed by atoms with Crippen LogP contribution in [0.4, 0.5) is 10.1 Å². The third-order valence-corrected chi connectivity index (χ3v) is 7.36. The van der Waals surface area contributed by atoms with Crippen molar-refractivity contribution in [3.8, 4) is 6.07 Å². The molecule has 1 aliphatic carbocycles. The molecule has 0 saturated heterocycles. The van der Waals surface area contributed by atoms with Crippen molar-refractivity contribution in [2.75, 3.05) is 4.90 Å². The summed E-state index contributed by atoms with van der Waals surface area (Å²) >= 11 is 5.09. The molecule has 0 amide bonds. The van der Waals surface area contributed by atoms with Crippen molar-refractivity contribution in [1.29, 1.82) is 5.26 Å². The summed E-state index contributed by atoms with van der Waals surface area (Å²) in [6.45, 7) is 1.99. The quantitative estimate of drug-likeness (QED) is 0.667. The summed E-state index contributed by atoms with van der Waals surface area (Å²) in [5.74, 6) is -0.468. The van der Waals surface area contributed by atoms with Gasteiger partial charge in [-0.2, -0.15) is 5.26 Å². The summed E-state index contributed by atoms with van der Waals surface area (Å²) in [4.78, 5) is 16.7. The second kappa shape index (κ2) is 7.19. The molecule has 1 aromatic heterocycles. The first-order valence-electron chi connectivity index (χ1n) is 8.90. The molecule has 4 rings (SSSR count). The van der Waals surface area contributed by atoms with Crippen LogP contribution in [0.3, 0.4) is 0 Å². The second-order valence-electron chi connectivity index (χ2n) is 6.85. The Balaban J connectivity index is 1.96. The molecule has 2 aliphatic rings. The Morgan fingerprint density at radius 3 is 2.64 bits per heavy atom. The zero-order chi connectivity index (χ0) is 20.0. The third kappa shape index (κ3) is 2.97. The van der Waals surface area contributed by atoms with E-state index in [0.717, 1.165) is 26.3 Å². The maximum absolute atomic E-state index is 13.4. The van der Waals surface area contributed by atoms with E-state index in [-0.39, 0.29) is 11.6 Å². The molecule has 0 radical (unpaired) electrons. The number of hydrogen-bond acceptors (Lipinski definition) is 5. The summed E-state index contributed by atoms with van der Waals surface area (Å²) in [7, 11) is 0. The average Bonchev–Trinajstić information content (AvgIpc) is 3.00. The van der Waals surface area contributed by atoms with Crippen LogP contribution >= 0.6 is 27.3 Å². The fourth-order valence-corrected chi connectivity index (χ4v) is 5.56. The van der Waals surface area contributed by atoms with E-state index in [1.54, 1.807) is 28.4 Å². The second-order valence-corrected chi connectivity index (χ2v) is 8.99. The van der Waals surface area contributed by atoms with Crippen LogP contribution in [0, 0.1) is 24.1 Å². The van der Waals surface area contributed by atoms with Crippen molar-refractivity contribution in [3.63, 3.8) is 0 Å². The van der Waals surface area contributed by atoms with Gasteiger partial charge in [0.05, 0.1) is 17.6 Å². The zero-order valence-electron chi connectivity index (χ0n) is 15.1. The number of rotatable bonds is 2. The van der Waals surface area contributed by atoms with Gasteiger partial charge in [-0.1, -0.05) is 0 Å². The zero-order valence-corrected chi connectivity index (χ0v) is 17.5. The molecule has 2 aromatic rings. The molecular weight excluding hydrogens is 441 g/mol. The predicted octanol–water partition coefficient (Wildman–Crippen LogP) is 5.26. The maximum atomic E-state index is 13.4. The first-order chi connectivity index (χ1) is 13.4. The van der Waals surface area contributed by atoms with Crippen LogP contribution in [0.5, 0.6) is 0 Å². The summed E-state index contributed by atoms with van der Waals surface area (Å²) in [6.07, 6.45) is 1.86. The SMILES string of the molecule is Cc1sc(C2C(C#N)=C(N)N(c3ccc(F)cc3)C3=C2C(=O)CCC3)cc1Br. The Hall–Kier alpha value is -2.43. The van der Waals surface area contributed by atoms with Crippen molar-refractivity contribution < 1.29 is 9.18 Å². The number of benzene rings is 1. The van der Waals surface area contributed by atoms with Crippen LogP contribution in [-0.2, 0) is 4.79 Å². The molecule has 0 bridgehead atoms. The minimum Gasteiger partial charge on any atom is -0.384 e. The number of anilines is 1. The fraction of sp³-hybridized carbons (Fsp3) is 0.238. The smallest absolute Gasteiger partial charge is 0.161 e. The first-order valence-corrected chi connectivity index (χ1v) is 10.5. The number of nitrogens with zero attached hydrogens (tertiary/aromatic N) is 2. The van der Waals surface area contributed by atoms with E-state index in [0.29, 0.717) is 35.5 Å². The summed E-state index contributed by atoms with van der Waals surface area (Å²) in [5.41, 5.74) is 8.91. The van der Waals surface area contributed by atoms with Gasteiger partial charge in [-0.25, -0.2) is 4.39 Å². The predicted molar refractivity (Wildman–Crippen MR) is 111 cm³/mol. The number of nitrogens with two attached hydrogens (primary N) is 1. The van der Waals surface area contributed by atoms with Gasteiger partial charge in [-0.15, -0.1) is 11.3 Å². The van der Waals surface area contributed by atoms with Gasteiger partial charge < -0.3 is 5.73 Å². The number of thiophene rings is 1. The lowest BCUT2D eigenvalue weighted by Crippen LogP contribution is -2.38. The summed E-state index contributed by atoms with van der Waals surface area (Å²) in [6, 6.07) is 10.1. The molecular formula is C21H17BrFN3OS. The van der Waals surface area contributed by atoms with Gasteiger partial charge in [0.25, 0.3) is 0 Å². The van der Waals surface area contributed by atoms with E-state index < -0.39 is 5.92 Å². The van der Waals surface area contributed by atoms with Crippen molar-refractivity contribution >= 4 is 38.7 Å². The Morgan fingerprint density at radius 2 is 2.04 bits per heavy atom. The lowest BCUT2D eigenvalue weighted by Gasteiger charge is -2.39. The molecule has 0 saturated carbocycles. The van der Waals surface area contributed by atoms with Gasteiger partial charge in [0, 0.05) is 37.6 Å². The summed E-state index contributed by atoms with van der Waals surface area (Å²) in [5, 5.41) is 9.94. The van der Waals surface area contributed by atoms with Crippen LogP contribution < -0.4 is 10.6 Å². The number of nitriles is 1. The Bertz CT molecular complexity index is 1060. The molecule has 2 heterocycles. The van der Waals surface area contributed by atoms with Crippen LogP contribution in [0.1, 0.15) is 34.9 Å². The van der Waals surface area contributed by atoms with Gasteiger partial charge >= 0.3 is 0 Å². The van der Waals surface area contributed by atoms with Crippen LogP contribution in [0.25, 0.3) is 0 Å².